The third-order valence-corrected chi connectivity index (χ3v) is 4.64. The van der Waals surface area contributed by atoms with E-state index >= 15 is 0 Å². The summed E-state index contributed by atoms with van der Waals surface area (Å²) in [5.41, 5.74) is 0.299. The van der Waals surface area contributed by atoms with Crippen LogP contribution >= 0.6 is 11.6 Å². The smallest absolute Gasteiger partial charge is 0.242 e. The monoisotopic (exact) mass is 310 g/mol. The zero-order chi connectivity index (χ0) is 14.8. The largest absolute Gasteiger partial charge is 0.347 e. The van der Waals surface area contributed by atoms with E-state index in [1.807, 2.05) is 6.07 Å². The van der Waals surface area contributed by atoms with Gasteiger partial charge in [0.2, 0.25) is 10.0 Å². The molecule has 0 aliphatic heterocycles. The summed E-state index contributed by atoms with van der Waals surface area (Å²) in [5.74, 6) is 0.498. The van der Waals surface area contributed by atoms with Crippen LogP contribution in [0.15, 0.2) is 35.5 Å². The highest BCUT2D eigenvalue weighted by Gasteiger charge is 2.22. The van der Waals surface area contributed by atoms with Crippen LogP contribution in [0.1, 0.15) is 24.4 Å². The maximum absolute atomic E-state index is 12.2. The van der Waals surface area contributed by atoms with Gasteiger partial charge in [0.25, 0.3) is 0 Å². The average Bonchev–Trinajstić information content (AvgIpc) is 2.91. The topological polar surface area (TPSA) is 98.6 Å². The summed E-state index contributed by atoms with van der Waals surface area (Å²) in [4.78, 5) is 6.74. The fraction of sp³-hybridized carbons (Fsp3) is 0.167. The Morgan fingerprint density at radius 2 is 2.25 bits per heavy atom. The molecule has 1 aromatic carbocycles. The molecule has 0 amide bonds. The van der Waals surface area contributed by atoms with Gasteiger partial charge in [-0.05, 0) is 25.1 Å². The van der Waals surface area contributed by atoms with Crippen LogP contribution in [0.5, 0.6) is 0 Å². The second-order valence-corrected chi connectivity index (χ2v) is 6.16. The Morgan fingerprint density at radius 3 is 2.80 bits per heavy atom. The van der Waals surface area contributed by atoms with Gasteiger partial charge >= 0.3 is 0 Å². The molecule has 0 bridgehead atoms. The van der Waals surface area contributed by atoms with E-state index in [1.54, 1.807) is 13.1 Å². The number of hydrogen-bond acceptors (Lipinski definition) is 4. The van der Waals surface area contributed by atoms with Gasteiger partial charge in [-0.25, -0.2) is 18.1 Å². The Balaban J connectivity index is 2.29. The number of benzene rings is 1. The van der Waals surface area contributed by atoms with Crippen LogP contribution < -0.4 is 4.72 Å². The van der Waals surface area contributed by atoms with Crippen molar-refractivity contribution in [1.29, 1.82) is 5.26 Å². The van der Waals surface area contributed by atoms with E-state index in [1.165, 1.54) is 24.4 Å². The first-order valence-electron chi connectivity index (χ1n) is 5.65. The standard InChI is InChI=1S/C12H11ClN4O2S/c1-8(12-15-4-5-16-12)17-20(18,19)11-3-2-9(7-14)6-10(11)13/h2-6,8,17H,1H3,(H,15,16). The third kappa shape index (κ3) is 2.99. The molecule has 0 spiro atoms. The minimum atomic E-state index is -3.79. The van der Waals surface area contributed by atoms with Gasteiger partial charge in [0.05, 0.1) is 22.7 Å². The molecule has 8 heteroatoms. The molecular weight excluding hydrogens is 300 g/mol. The molecule has 2 N–H and O–H groups in total. The number of aromatic amines is 1. The minimum absolute atomic E-state index is 0.00296. The number of hydrogen-bond donors (Lipinski definition) is 2. The van der Waals surface area contributed by atoms with Gasteiger partial charge in [0, 0.05) is 12.4 Å². The lowest BCUT2D eigenvalue weighted by atomic mass is 10.2. The van der Waals surface area contributed by atoms with Gasteiger partial charge in [0.15, 0.2) is 0 Å². The normalized spacial score (nSPS) is 12.8. The predicted molar refractivity (Wildman–Crippen MR) is 73.5 cm³/mol. The van der Waals surface area contributed by atoms with Crippen LogP contribution in [0.25, 0.3) is 0 Å². The van der Waals surface area contributed by atoms with Crippen molar-refractivity contribution in [3.63, 3.8) is 0 Å². The molecule has 0 radical (unpaired) electrons. The molecule has 2 rings (SSSR count). The van der Waals surface area contributed by atoms with Gasteiger partial charge in [-0.1, -0.05) is 11.6 Å². The zero-order valence-electron chi connectivity index (χ0n) is 10.5. The van der Waals surface area contributed by atoms with E-state index in [2.05, 4.69) is 14.7 Å². The third-order valence-electron chi connectivity index (χ3n) is 2.61. The Hall–Kier alpha value is -1.88. The predicted octanol–water partition coefficient (Wildman–Crippen LogP) is 1.97. The Bertz CT molecular complexity index is 750. The molecule has 0 aliphatic rings. The number of nitrogens with one attached hydrogen (secondary N) is 2. The highest BCUT2D eigenvalue weighted by molar-refractivity contribution is 7.89. The van der Waals surface area contributed by atoms with Crippen LogP contribution in [-0.2, 0) is 10.0 Å². The van der Waals surface area contributed by atoms with Crippen molar-refractivity contribution in [2.45, 2.75) is 17.9 Å². The van der Waals surface area contributed by atoms with Crippen LogP contribution in [0, 0.1) is 11.3 Å². The molecule has 1 unspecified atom stereocenters. The molecule has 1 heterocycles. The van der Waals surface area contributed by atoms with E-state index in [9.17, 15) is 8.42 Å². The first kappa shape index (κ1) is 14.5. The van der Waals surface area contributed by atoms with Crippen molar-refractivity contribution >= 4 is 21.6 Å². The number of rotatable bonds is 4. The Morgan fingerprint density at radius 1 is 1.50 bits per heavy atom. The van der Waals surface area contributed by atoms with Gasteiger partial charge in [-0.15, -0.1) is 0 Å². The lowest BCUT2D eigenvalue weighted by Crippen LogP contribution is -2.27. The fourth-order valence-corrected chi connectivity index (χ4v) is 3.41. The number of H-pyrrole nitrogens is 1. The van der Waals surface area contributed by atoms with E-state index in [0.717, 1.165) is 0 Å². The van der Waals surface area contributed by atoms with Gasteiger partial charge < -0.3 is 4.98 Å². The van der Waals surface area contributed by atoms with Crippen LogP contribution in [0.4, 0.5) is 0 Å². The fourth-order valence-electron chi connectivity index (χ4n) is 1.65. The number of sulfonamides is 1. The van der Waals surface area contributed by atoms with Crippen molar-refractivity contribution in [3.05, 3.63) is 47.0 Å². The summed E-state index contributed by atoms with van der Waals surface area (Å²) in [6, 6.07) is 5.39. The molecule has 2 aromatic rings. The Labute approximate surface area is 121 Å². The van der Waals surface area contributed by atoms with Crippen molar-refractivity contribution < 1.29 is 8.42 Å². The molecule has 0 saturated carbocycles. The van der Waals surface area contributed by atoms with Crippen molar-refractivity contribution in [3.8, 4) is 6.07 Å². The SMILES string of the molecule is CC(NS(=O)(=O)c1ccc(C#N)cc1Cl)c1ncc[nH]1. The molecular formula is C12H11ClN4O2S. The molecule has 0 fully saturated rings. The summed E-state index contributed by atoms with van der Waals surface area (Å²) in [6.45, 7) is 1.66. The van der Waals surface area contributed by atoms with Crippen LogP contribution in [0.2, 0.25) is 5.02 Å². The van der Waals surface area contributed by atoms with E-state index in [-0.39, 0.29) is 9.92 Å². The molecule has 0 aliphatic carbocycles. The van der Waals surface area contributed by atoms with Crippen molar-refractivity contribution in [1.82, 2.24) is 14.7 Å². The lowest BCUT2D eigenvalue weighted by Gasteiger charge is -2.13. The summed E-state index contributed by atoms with van der Waals surface area (Å²) in [5, 5.41) is 8.74. The number of halogens is 1. The zero-order valence-corrected chi connectivity index (χ0v) is 12.0. The maximum atomic E-state index is 12.2. The minimum Gasteiger partial charge on any atom is -0.347 e. The lowest BCUT2D eigenvalue weighted by molar-refractivity contribution is 0.561. The molecule has 6 nitrogen and oxygen atoms in total. The first-order chi connectivity index (χ1) is 9.44. The van der Waals surface area contributed by atoms with Gasteiger partial charge in [-0.2, -0.15) is 5.26 Å². The van der Waals surface area contributed by atoms with E-state index < -0.39 is 16.1 Å². The average molecular weight is 311 g/mol. The van der Waals surface area contributed by atoms with Crippen LogP contribution in [0.3, 0.4) is 0 Å². The summed E-state index contributed by atoms with van der Waals surface area (Å²) in [6.07, 6.45) is 3.14. The van der Waals surface area contributed by atoms with Crippen molar-refractivity contribution in [2.24, 2.45) is 0 Å². The molecule has 0 saturated heterocycles. The van der Waals surface area contributed by atoms with Gasteiger partial charge in [-0.3, -0.25) is 0 Å². The summed E-state index contributed by atoms with van der Waals surface area (Å²) >= 11 is 5.91. The number of imidazole rings is 1. The van der Waals surface area contributed by atoms with Crippen LogP contribution in [-0.4, -0.2) is 18.4 Å². The molecule has 1 atom stereocenters. The van der Waals surface area contributed by atoms with E-state index in [4.69, 9.17) is 16.9 Å². The van der Waals surface area contributed by atoms with E-state index in [0.29, 0.717) is 11.4 Å². The summed E-state index contributed by atoms with van der Waals surface area (Å²) in [7, 11) is -3.79. The highest BCUT2D eigenvalue weighted by Crippen LogP contribution is 2.23. The number of nitrogens with zero attached hydrogens (tertiary/aromatic N) is 2. The molecule has 104 valence electrons. The molecule has 1 aromatic heterocycles. The second-order valence-electron chi connectivity index (χ2n) is 4.07. The van der Waals surface area contributed by atoms with Crippen molar-refractivity contribution in [2.75, 3.05) is 0 Å². The first-order valence-corrected chi connectivity index (χ1v) is 7.51. The van der Waals surface area contributed by atoms with Gasteiger partial charge in [0.1, 0.15) is 10.7 Å². The number of aromatic nitrogens is 2. The maximum Gasteiger partial charge on any atom is 0.242 e. The highest BCUT2D eigenvalue weighted by atomic mass is 35.5. The second kappa shape index (κ2) is 5.63. The number of nitriles is 1. The quantitative estimate of drug-likeness (QED) is 0.902. The molecule has 20 heavy (non-hydrogen) atoms. The summed E-state index contributed by atoms with van der Waals surface area (Å²) < 4.78 is 26.9. The Kier molecular flexibility index (Phi) is 4.09.